The molecule has 0 saturated heterocycles. The standard InChI is InChI=1S/C11H15O/c12-7-11-4-8-1-9(5-11)3-10(2-8)6-11/h8-10H,1-6H2. The molecule has 1 radical (unpaired) electrons. The second-order valence-corrected chi connectivity index (χ2v) is 5.30. The highest BCUT2D eigenvalue weighted by molar-refractivity contribution is 5.61. The molecule has 0 unspecified atom stereocenters. The van der Waals surface area contributed by atoms with Crippen molar-refractivity contribution in [3.63, 3.8) is 0 Å². The van der Waals surface area contributed by atoms with Gasteiger partial charge >= 0.3 is 0 Å². The van der Waals surface area contributed by atoms with Crippen molar-refractivity contribution in [1.82, 2.24) is 0 Å². The highest BCUT2D eigenvalue weighted by atomic mass is 16.1. The van der Waals surface area contributed by atoms with Crippen molar-refractivity contribution in [2.45, 2.75) is 38.5 Å². The Kier molecular flexibility index (Phi) is 1.26. The molecule has 0 atom stereocenters. The van der Waals surface area contributed by atoms with Gasteiger partial charge in [0.1, 0.15) is 0 Å². The van der Waals surface area contributed by atoms with Crippen LogP contribution in [0.3, 0.4) is 0 Å². The Labute approximate surface area is 73.5 Å². The Bertz CT molecular complexity index is 184. The van der Waals surface area contributed by atoms with E-state index in [1.54, 1.807) is 0 Å². The molecule has 4 fully saturated rings. The minimum atomic E-state index is 0.0365. The Hall–Kier alpha value is -0.330. The highest BCUT2D eigenvalue weighted by Crippen LogP contribution is 2.58. The summed E-state index contributed by atoms with van der Waals surface area (Å²) in [5.41, 5.74) is 0.0365. The third kappa shape index (κ3) is 0.826. The average molecular weight is 163 g/mol. The molecule has 65 valence electrons. The smallest absolute Gasteiger partial charge is 0.205 e. The summed E-state index contributed by atoms with van der Waals surface area (Å²) in [4.78, 5) is 10.9. The van der Waals surface area contributed by atoms with Gasteiger partial charge in [-0.25, -0.2) is 0 Å². The second-order valence-electron chi connectivity index (χ2n) is 5.30. The Morgan fingerprint density at radius 3 is 1.67 bits per heavy atom. The van der Waals surface area contributed by atoms with E-state index in [4.69, 9.17) is 0 Å². The van der Waals surface area contributed by atoms with Gasteiger partial charge in [-0.05, 0) is 56.3 Å². The van der Waals surface area contributed by atoms with E-state index in [1.807, 2.05) is 0 Å². The number of rotatable bonds is 1. The minimum absolute atomic E-state index is 0.0365. The molecular formula is C11H15O. The maximum absolute atomic E-state index is 10.9. The monoisotopic (exact) mass is 163 g/mol. The van der Waals surface area contributed by atoms with E-state index in [0.29, 0.717) is 0 Å². The van der Waals surface area contributed by atoms with Gasteiger partial charge in [0.2, 0.25) is 6.29 Å². The van der Waals surface area contributed by atoms with E-state index in [2.05, 4.69) is 6.29 Å². The van der Waals surface area contributed by atoms with Crippen molar-refractivity contribution in [2.75, 3.05) is 0 Å². The van der Waals surface area contributed by atoms with Crippen molar-refractivity contribution in [1.29, 1.82) is 0 Å². The summed E-state index contributed by atoms with van der Waals surface area (Å²) in [6, 6.07) is 0. The van der Waals surface area contributed by atoms with E-state index in [-0.39, 0.29) is 5.41 Å². The predicted octanol–water partition coefficient (Wildman–Crippen LogP) is 2.31. The van der Waals surface area contributed by atoms with Crippen LogP contribution < -0.4 is 0 Å². The first-order valence-electron chi connectivity index (χ1n) is 5.19. The molecule has 1 heteroatoms. The van der Waals surface area contributed by atoms with Gasteiger partial charge in [0.15, 0.2) is 0 Å². The number of carbonyl (C=O) groups excluding carboxylic acids is 1. The van der Waals surface area contributed by atoms with Gasteiger partial charge < -0.3 is 0 Å². The highest BCUT2D eigenvalue weighted by Gasteiger charge is 2.51. The molecule has 4 bridgehead atoms. The summed E-state index contributed by atoms with van der Waals surface area (Å²) in [6.45, 7) is 0. The first-order chi connectivity index (χ1) is 5.80. The van der Waals surface area contributed by atoms with E-state index >= 15 is 0 Å². The molecule has 0 aromatic rings. The molecule has 0 amide bonds. The zero-order valence-corrected chi connectivity index (χ0v) is 7.38. The van der Waals surface area contributed by atoms with Crippen LogP contribution in [-0.4, -0.2) is 6.29 Å². The maximum Gasteiger partial charge on any atom is 0.205 e. The third-order valence-corrected chi connectivity index (χ3v) is 4.25. The molecule has 0 aromatic carbocycles. The fourth-order valence-corrected chi connectivity index (χ4v) is 4.24. The largest absolute Gasteiger partial charge is 0.290 e. The molecule has 4 aliphatic carbocycles. The first kappa shape index (κ1) is 7.11. The molecule has 12 heavy (non-hydrogen) atoms. The van der Waals surface area contributed by atoms with Crippen molar-refractivity contribution < 1.29 is 4.79 Å². The fraction of sp³-hybridized carbons (Fsp3) is 0.909. The Morgan fingerprint density at radius 1 is 0.917 bits per heavy atom. The number of hydrogen-bond donors (Lipinski definition) is 0. The van der Waals surface area contributed by atoms with Gasteiger partial charge in [-0.3, -0.25) is 4.79 Å². The number of hydrogen-bond acceptors (Lipinski definition) is 1. The van der Waals surface area contributed by atoms with Crippen LogP contribution in [0.5, 0.6) is 0 Å². The second kappa shape index (κ2) is 2.12. The van der Waals surface area contributed by atoms with Crippen LogP contribution in [-0.2, 0) is 4.79 Å². The van der Waals surface area contributed by atoms with E-state index < -0.39 is 0 Å². The summed E-state index contributed by atoms with van der Waals surface area (Å²) >= 11 is 0. The van der Waals surface area contributed by atoms with Crippen molar-refractivity contribution in [2.24, 2.45) is 23.2 Å². The SMILES string of the molecule is O=[C]C12CC3CC(CC(C3)C1)C2. The topological polar surface area (TPSA) is 17.1 Å². The first-order valence-corrected chi connectivity index (χ1v) is 5.19. The maximum atomic E-state index is 10.9. The van der Waals surface area contributed by atoms with Gasteiger partial charge in [-0.1, -0.05) is 0 Å². The lowest BCUT2D eigenvalue weighted by Crippen LogP contribution is -2.46. The molecule has 4 aliphatic rings. The van der Waals surface area contributed by atoms with Crippen molar-refractivity contribution >= 4 is 6.29 Å². The summed E-state index contributed by atoms with van der Waals surface area (Å²) < 4.78 is 0. The zero-order chi connectivity index (χ0) is 8.18. The minimum Gasteiger partial charge on any atom is -0.290 e. The van der Waals surface area contributed by atoms with E-state index in [0.717, 1.165) is 17.8 Å². The molecule has 0 aromatic heterocycles. The lowest BCUT2D eigenvalue weighted by atomic mass is 9.50. The molecule has 0 N–H and O–H groups in total. The quantitative estimate of drug-likeness (QED) is 0.579. The van der Waals surface area contributed by atoms with Crippen LogP contribution in [0.4, 0.5) is 0 Å². The van der Waals surface area contributed by atoms with Crippen LogP contribution in [0.1, 0.15) is 38.5 Å². The van der Waals surface area contributed by atoms with Gasteiger partial charge in [0.25, 0.3) is 0 Å². The van der Waals surface area contributed by atoms with Crippen molar-refractivity contribution in [3.8, 4) is 0 Å². The van der Waals surface area contributed by atoms with Crippen LogP contribution in [0.2, 0.25) is 0 Å². The van der Waals surface area contributed by atoms with Gasteiger partial charge in [-0.15, -0.1) is 0 Å². The van der Waals surface area contributed by atoms with Crippen LogP contribution in [0.15, 0.2) is 0 Å². The molecule has 0 heterocycles. The van der Waals surface area contributed by atoms with Crippen molar-refractivity contribution in [3.05, 3.63) is 0 Å². The molecule has 0 aliphatic heterocycles. The molecule has 1 nitrogen and oxygen atoms in total. The molecule has 0 spiro atoms. The van der Waals surface area contributed by atoms with Crippen LogP contribution in [0, 0.1) is 23.2 Å². The molecule has 4 saturated carbocycles. The van der Waals surface area contributed by atoms with E-state index in [1.165, 1.54) is 38.5 Å². The summed E-state index contributed by atoms with van der Waals surface area (Å²) in [6.07, 6.45) is 10.1. The average Bonchev–Trinajstić information content (AvgIpc) is 2.02. The predicted molar refractivity (Wildman–Crippen MR) is 46.3 cm³/mol. The Balaban J connectivity index is 1.95. The molecule has 4 rings (SSSR count). The lowest BCUT2D eigenvalue weighted by Gasteiger charge is -2.54. The third-order valence-electron chi connectivity index (χ3n) is 4.25. The van der Waals surface area contributed by atoms with Gasteiger partial charge in [0, 0.05) is 5.41 Å². The Morgan fingerprint density at radius 2 is 1.33 bits per heavy atom. The van der Waals surface area contributed by atoms with Gasteiger partial charge in [-0.2, -0.15) is 0 Å². The normalized spacial score (nSPS) is 55.8. The fourth-order valence-electron chi connectivity index (χ4n) is 4.24. The van der Waals surface area contributed by atoms with Crippen LogP contribution >= 0.6 is 0 Å². The lowest BCUT2D eigenvalue weighted by molar-refractivity contribution is -0.0133. The van der Waals surface area contributed by atoms with Gasteiger partial charge in [0.05, 0.1) is 0 Å². The van der Waals surface area contributed by atoms with E-state index in [9.17, 15) is 4.79 Å². The zero-order valence-electron chi connectivity index (χ0n) is 7.38. The van der Waals surface area contributed by atoms with Crippen LogP contribution in [0.25, 0.3) is 0 Å². The summed E-state index contributed by atoms with van der Waals surface area (Å²) in [5, 5.41) is 0. The summed E-state index contributed by atoms with van der Waals surface area (Å²) in [7, 11) is 0. The summed E-state index contributed by atoms with van der Waals surface area (Å²) in [5.74, 6) is 2.66. The molecular weight excluding hydrogens is 148 g/mol.